The molecule has 0 saturated carbocycles. The van der Waals surface area contributed by atoms with Crippen LogP contribution in [0, 0.1) is 0 Å². The summed E-state index contributed by atoms with van der Waals surface area (Å²) in [6, 6.07) is 25.3. The maximum atomic E-state index is 11.5. The van der Waals surface area contributed by atoms with E-state index in [-0.39, 0.29) is 5.97 Å². The molecule has 3 heteroatoms. The largest absolute Gasteiger partial charge is 0.488 e. The van der Waals surface area contributed by atoms with Gasteiger partial charge in [0.05, 0.1) is 12.7 Å². The fourth-order valence-corrected chi connectivity index (χ4v) is 2.52. The molecule has 0 radical (unpaired) electrons. The average molecular weight is 344 g/mol. The minimum Gasteiger partial charge on any atom is -0.488 e. The van der Waals surface area contributed by atoms with Crippen molar-refractivity contribution < 1.29 is 14.3 Å². The molecule has 0 saturated heterocycles. The minimum atomic E-state index is -0.333. The van der Waals surface area contributed by atoms with E-state index in [0.29, 0.717) is 12.2 Å². The summed E-state index contributed by atoms with van der Waals surface area (Å²) in [7, 11) is 1.38. The van der Waals surface area contributed by atoms with Crippen molar-refractivity contribution in [2.24, 2.45) is 0 Å². The number of ether oxygens (including phenoxy) is 2. The second-order valence-electron chi connectivity index (χ2n) is 5.76. The molecule has 0 aliphatic heterocycles. The molecule has 0 N–H and O–H groups in total. The number of carbonyl (C=O) groups is 1. The Balaban J connectivity index is 1.71. The Bertz CT molecular complexity index is 881. The fourth-order valence-electron chi connectivity index (χ4n) is 2.52. The second kappa shape index (κ2) is 8.67. The molecule has 0 aromatic heterocycles. The summed E-state index contributed by atoms with van der Waals surface area (Å²) in [6.45, 7) is 0.527. The van der Waals surface area contributed by atoms with E-state index >= 15 is 0 Å². The molecule has 3 nitrogen and oxygen atoms in total. The minimum absolute atomic E-state index is 0.333. The molecule has 0 aliphatic rings. The highest BCUT2D eigenvalue weighted by atomic mass is 16.5. The lowest BCUT2D eigenvalue weighted by atomic mass is 10.1. The van der Waals surface area contributed by atoms with Gasteiger partial charge in [0, 0.05) is 5.56 Å². The van der Waals surface area contributed by atoms with Crippen molar-refractivity contribution in [3.63, 3.8) is 0 Å². The first-order valence-electron chi connectivity index (χ1n) is 8.38. The third-order valence-corrected chi connectivity index (χ3v) is 3.94. The fraction of sp³-hybridized carbons (Fsp3) is 0.0870. The van der Waals surface area contributed by atoms with E-state index in [1.165, 1.54) is 7.11 Å². The molecule has 3 rings (SSSR count). The SMILES string of the molecule is COC(=O)c1ccc(/C=C/c2ccccc2OCc2ccccc2)cc1. The van der Waals surface area contributed by atoms with Gasteiger partial charge in [-0.1, -0.05) is 72.8 Å². The van der Waals surface area contributed by atoms with Gasteiger partial charge in [0.25, 0.3) is 0 Å². The first-order chi connectivity index (χ1) is 12.8. The third kappa shape index (κ3) is 4.61. The smallest absolute Gasteiger partial charge is 0.337 e. The first-order valence-corrected chi connectivity index (χ1v) is 8.38. The first kappa shape index (κ1) is 17.5. The summed E-state index contributed by atoms with van der Waals surface area (Å²) in [5.74, 6) is 0.499. The molecule has 0 bridgehead atoms. The van der Waals surface area contributed by atoms with E-state index < -0.39 is 0 Å². The van der Waals surface area contributed by atoms with Crippen LogP contribution >= 0.6 is 0 Å². The molecule has 0 fully saturated rings. The van der Waals surface area contributed by atoms with Gasteiger partial charge in [-0.15, -0.1) is 0 Å². The van der Waals surface area contributed by atoms with Crippen LogP contribution in [0.15, 0.2) is 78.9 Å². The number of rotatable bonds is 6. The molecule has 26 heavy (non-hydrogen) atoms. The van der Waals surface area contributed by atoms with Gasteiger partial charge < -0.3 is 9.47 Å². The molecule has 3 aromatic carbocycles. The average Bonchev–Trinajstić information content (AvgIpc) is 2.72. The van der Waals surface area contributed by atoms with E-state index in [0.717, 1.165) is 22.4 Å². The van der Waals surface area contributed by atoms with Crippen molar-refractivity contribution in [1.29, 1.82) is 0 Å². The molecular formula is C23H20O3. The van der Waals surface area contributed by atoms with Gasteiger partial charge in [-0.2, -0.15) is 0 Å². The predicted molar refractivity (Wildman–Crippen MR) is 104 cm³/mol. The summed E-state index contributed by atoms with van der Waals surface area (Å²) in [6.07, 6.45) is 4.00. The van der Waals surface area contributed by atoms with Crippen LogP contribution < -0.4 is 4.74 Å². The van der Waals surface area contributed by atoms with Crippen LogP contribution in [0.5, 0.6) is 5.75 Å². The summed E-state index contributed by atoms with van der Waals surface area (Å²) in [5, 5.41) is 0. The van der Waals surface area contributed by atoms with E-state index in [2.05, 4.69) is 0 Å². The van der Waals surface area contributed by atoms with Crippen molar-refractivity contribution in [1.82, 2.24) is 0 Å². The summed E-state index contributed by atoms with van der Waals surface area (Å²) in [4.78, 5) is 11.5. The van der Waals surface area contributed by atoms with Crippen molar-refractivity contribution >= 4 is 18.1 Å². The van der Waals surface area contributed by atoms with E-state index in [1.54, 1.807) is 12.1 Å². The van der Waals surface area contributed by atoms with Gasteiger partial charge in [0.15, 0.2) is 0 Å². The molecule has 0 atom stereocenters. The van der Waals surface area contributed by atoms with Crippen molar-refractivity contribution in [3.05, 3.63) is 101 Å². The van der Waals surface area contributed by atoms with Gasteiger partial charge in [-0.25, -0.2) is 4.79 Å². The topological polar surface area (TPSA) is 35.5 Å². The molecule has 0 heterocycles. The number of methoxy groups -OCH3 is 1. The van der Waals surface area contributed by atoms with Gasteiger partial charge >= 0.3 is 5.97 Å². The predicted octanol–water partition coefficient (Wildman–Crippen LogP) is 5.22. The van der Waals surface area contributed by atoms with Gasteiger partial charge in [-0.3, -0.25) is 0 Å². The van der Waals surface area contributed by atoms with Gasteiger partial charge in [-0.05, 0) is 29.3 Å². The summed E-state index contributed by atoms with van der Waals surface area (Å²) in [5.41, 5.74) is 3.66. The molecule has 0 amide bonds. The van der Waals surface area contributed by atoms with Gasteiger partial charge in [0.1, 0.15) is 12.4 Å². The Hall–Kier alpha value is -3.33. The zero-order valence-electron chi connectivity index (χ0n) is 14.6. The lowest BCUT2D eigenvalue weighted by Gasteiger charge is -2.09. The molecule has 130 valence electrons. The molecule has 0 unspecified atom stereocenters. The van der Waals surface area contributed by atoms with Crippen LogP contribution in [0.4, 0.5) is 0 Å². The second-order valence-corrected chi connectivity index (χ2v) is 5.76. The lowest BCUT2D eigenvalue weighted by molar-refractivity contribution is 0.0600. The van der Waals surface area contributed by atoms with E-state index in [4.69, 9.17) is 9.47 Å². The molecule has 0 aliphatic carbocycles. The van der Waals surface area contributed by atoms with E-state index in [9.17, 15) is 4.79 Å². The number of benzene rings is 3. The van der Waals surface area contributed by atoms with Crippen LogP contribution in [-0.2, 0) is 11.3 Å². The molecule has 0 spiro atoms. The number of para-hydroxylation sites is 1. The van der Waals surface area contributed by atoms with Crippen LogP contribution in [0.2, 0.25) is 0 Å². The Kier molecular flexibility index (Phi) is 5.84. The maximum absolute atomic E-state index is 11.5. The highest BCUT2D eigenvalue weighted by Gasteiger charge is 2.04. The molecular weight excluding hydrogens is 324 g/mol. The normalized spacial score (nSPS) is 10.7. The lowest BCUT2D eigenvalue weighted by Crippen LogP contribution is -2.00. The molecule has 3 aromatic rings. The standard InChI is InChI=1S/C23H20O3/c1-25-23(24)21-15-12-18(13-16-21)11-14-20-9-5-6-10-22(20)26-17-19-7-3-2-4-8-19/h2-16H,17H2,1H3/b14-11+. The Morgan fingerprint density at radius 2 is 1.54 bits per heavy atom. The maximum Gasteiger partial charge on any atom is 0.337 e. The Labute approximate surface area is 153 Å². The highest BCUT2D eigenvalue weighted by Crippen LogP contribution is 2.22. The van der Waals surface area contributed by atoms with Crippen LogP contribution in [0.3, 0.4) is 0 Å². The summed E-state index contributed by atoms with van der Waals surface area (Å²) < 4.78 is 10.7. The number of carbonyl (C=O) groups excluding carboxylic acids is 1. The van der Waals surface area contributed by atoms with Crippen LogP contribution in [-0.4, -0.2) is 13.1 Å². The van der Waals surface area contributed by atoms with Crippen molar-refractivity contribution in [2.75, 3.05) is 7.11 Å². The summed E-state index contributed by atoms with van der Waals surface area (Å²) >= 11 is 0. The van der Waals surface area contributed by atoms with Crippen LogP contribution in [0.1, 0.15) is 27.0 Å². The monoisotopic (exact) mass is 344 g/mol. The van der Waals surface area contributed by atoms with Crippen molar-refractivity contribution in [2.45, 2.75) is 6.61 Å². The highest BCUT2D eigenvalue weighted by molar-refractivity contribution is 5.89. The zero-order chi connectivity index (χ0) is 18.2. The van der Waals surface area contributed by atoms with Gasteiger partial charge in [0.2, 0.25) is 0 Å². The number of hydrogen-bond acceptors (Lipinski definition) is 3. The quantitative estimate of drug-likeness (QED) is 0.454. The Morgan fingerprint density at radius 3 is 2.27 bits per heavy atom. The zero-order valence-corrected chi connectivity index (χ0v) is 14.6. The van der Waals surface area contributed by atoms with E-state index in [1.807, 2.05) is 78.9 Å². The number of esters is 1. The third-order valence-electron chi connectivity index (χ3n) is 3.94. The number of hydrogen-bond donors (Lipinski definition) is 0. The van der Waals surface area contributed by atoms with Crippen molar-refractivity contribution in [3.8, 4) is 5.75 Å². The van der Waals surface area contributed by atoms with Crippen LogP contribution in [0.25, 0.3) is 12.2 Å². The Morgan fingerprint density at radius 1 is 0.846 bits per heavy atom.